The summed E-state index contributed by atoms with van der Waals surface area (Å²) in [4.78, 5) is 14.8. The number of hydrogen-bond donors (Lipinski definition) is 2. The van der Waals surface area contributed by atoms with Crippen LogP contribution >= 0.6 is 24.8 Å². The highest BCUT2D eigenvalue weighted by Gasteiger charge is 2.27. The summed E-state index contributed by atoms with van der Waals surface area (Å²) < 4.78 is 5.63. The molecule has 1 fully saturated rings. The van der Waals surface area contributed by atoms with E-state index in [0.717, 1.165) is 24.0 Å². The standard InChI is InChI=1S/C19H25N3O2.2ClH/c1-2-22-9-10-24-18(13-22)19(23)21-17(12-20)16-8-7-14-5-3-4-6-15(14)11-16;;/h3-8,11,17-18H,2,9-10,12-13,20H2,1H3,(H,21,23);2*1H. The molecule has 1 saturated heterocycles. The quantitative estimate of drug-likeness (QED) is 0.810. The second-order valence-electron chi connectivity index (χ2n) is 6.16. The van der Waals surface area contributed by atoms with Crippen LogP contribution in [0.2, 0.25) is 0 Å². The molecule has 0 spiro atoms. The van der Waals surface area contributed by atoms with Crippen LogP contribution in [0, 0.1) is 0 Å². The van der Waals surface area contributed by atoms with Crippen molar-refractivity contribution in [2.45, 2.75) is 19.1 Å². The Labute approximate surface area is 167 Å². The number of carbonyl (C=O) groups excluding carboxylic acids is 1. The average Bonchev–Trinajstić information content (AvgIpc) is 2.65. The first kappa shape index (κ1) is 22.7. The lowest BCUT2D eigenvalue weighted by Crippen LogP contribution is -2.50. The van der Waals surface area contributed by atoms with Gasteiger partial charge in [-0.15, -0.1) is 24.8 Å². The van der Waals surface area contributed by atoms with Gasteiger partial charge in [0.15, 0.2) is 0 Å². The van der Waals surface area contributed by atoms with Gasteiger partial charge < -0.3 is 15.8 Å². The first-order valence-electron chi connectivity index (χ1n) is 8.54. The third-order valence-corrected chi connectivity index (χ3v) is 4.62. The Kier molecular flexibility index (Phi) is 9.33. The Bertz CT molecular complexity index is 714. The van der Waals surface area contributed by atoms with Crippen LogP contribution in [-0.2, 0) is 9.53 Å². The van der Waals surface area contributed by atoms with Crippen LogP contribution in [0.15, 0.2) is 42.5 Å². The molecule has 3 N–H and O–H groups in total. The summed E-state index contributed by atoms with van der Waals surface area (Å²) in [7, 11) is 0. The van der Waals surface area contributed by atoms with Crippen LogP contribution in [-0.4, -0.2) is 49.7 Å². The fourth-order valence-corrected chi connectivity index (χ4v) is 3.12. The van der Waals surface area contributed by atoms with E-state index in [0.29, 0.717) is 19.7 Å². The molecule has 2 aromatic carbocycles. The first-order valence-corrected chi connectivity index (χ1v) is 8.54. The number of hydrogen-bond acceptors (Lipinski definition) is 4. The van der Waals surface area contributed by atoms with E-state index in [4.69, 9.17) is 10.5 Å². The normalized spacial score (nSPS) is 18.5. The Morgan fingerprint density at radius 1 is 1.27 bits per heavy atom. The molecule has 2 aromatic rings. The number of rotatable bonds is 5. The number of amides is 1. The van der Waals surface area contributed by atoms with Gasteiger partial charge in [-0.1, -0.05) is 43.3 Å². The molecule has 3 rings (SSSR count). The van der Waals surface area contributed by atoms with Gasteiger partial charge >= 0.3 is 0 Å². The lowest BCUT2D eigenvalue weighted by Gasteiger charge is -2.32. The molecule has 144 valence electrons. The van der Waals surface area contributed by atoms with E-state index in [1.165, 1.54) is 5.39 Å². The molecule has 1 aliphatic heterocycles. The Balaban J connectivity index is 0.00000169. The molecule has 1 amide bonds. The van der Waals surface area contributed by atoms with Crippen LogP contribution in [0.1, 0.15) is 18.5 Å². The number of morpholine rings is 1. The Morgan fingerprint density at radius 3 is 2.69 bits per heavy atom. The van der Waals surface area contributed by atoms with E-state index in [9.17, 15) is 4.79 Å². The summed E-state index contributed by atoms with van der Waals surface area (Å²) in [6.45, 7) is 5.49. The summed E-state index contributed by atoms with van der Waals surface area (Å²) in [5.41, 5.74) is 6.94. The number of nitrogens with zero attached hydrogens (tertiary/aromatic N) is 1. The fourth-order valence-electron chi connectivity index (χ4n) is 3.12. The number of fused-ring (bicyclic) bond motifs is 1. The summed E-state index contributed by atoms with van der Waals surface area (Å²) in [5.74, 6) is -0.0863. The summed E-state index contributed by atoms with van der Waals surface area (Å²) in [6, 6.07) is 14.1. The van der Waals surface area contributed by atoms with Crippen molar-refractivity contribution in [3.8, 4) is 0 Å². The predicted molar refractivity (Wildman–Crippen MR) is 110 cm³/mol. The van der Waals surface area contributed by atoms with Gasteiger partial charge in [0.05, 0.1) is 12.6 Å². The van der Waals surface area contributed by atoms with Crippen molar-refractivity contribution in [2.75, 3.05) is 32.8 Å². The number of nitrogens with two attached hydrogens (primary N) is 1. The predicted octanol–water partition coefficient (Wildman–Crippen LogP) is 2.52. The molecule has 0 aliphatic carbocycles. The highest BCUT2D eigenvalue weighted by Crippen LogP contribution is 2.20. The largest absolute Gasteiger partial charge is 0.366 e. The van der Waals surface area contributed by atoms with E-state index in [2.05, 4.69) is 41.4 Å². The van der Waals surface area contributed by atoms with Crippen molar-refractivity contribution in [2.24, 2.45) is 5.73 Å². The van der Waals surface area contributed by atoms with Crippen molar-refractivity contribution in [1.29, 1.82) is 0 Å². The third-order valence-electron chi connectivity index (χ3n) is 4.62. The van der Waals surface area contributed by atoms with Crippen LogP contribution in [0.3, 0.4) is 0 Å². The number of likely N-dealkylation sites (N-methyl/N-ethyl adjacent to an activating group) is 1. The van der Waals surface area contributed by atoms with E-state index in [1.54, 1.807) is 0 Å². The van der Waals surface area contributed by atoms with E-state index < -0.39 is 6.10 Å². The summed E-state index contributed by atoms with van der Waals surface area (Å²) in [6.07, 6.45) is -0.423. The van der Waals surface area contributed by atoms with Crippen LogP contribution in [0.4, 0.5) is 0 Å². The van der Waals surface area contributed by atoms with Gasteiger partial charge in [0.25, 0.3) is 5.91 Å². The van der Waals surface area contributed by atoms with Crippen molar-refractivity contribution in [3.63, 3.8) is 0 Å². The molecular weight excluding hydrogens is 373 g/mol. The van der Waals surface area contributed by atoms with E-state index in [-0.39, 0.29) is 36.8 Å². The van der Waals surface area contributed by atoms with Crippen molar-refractivity contribution < 1.29 is 9.53 Å². The van der Waals surface area contributed by atoms with Gasteiger partial charge in [-0.25, -0.2) is 0 Å². The number of nitrogens with one attached hydrogen (secondary N) is 1. The van der Waals surface area contributed by atoms with E-state index in [1.807, 2.05) is 18.2 Å². The lowest BCUT2D eigenvalue weighted by atomic mass is 10.0. The minimum atomic E-state index is -0.423. The maximum atomic E-state index is 12.5. The number of ether oxygens (including phenoxy) is 1. The maximum absolute atomic E-state index is 12.5. The third kappa shape index (κ3) is 5.32. The molecule has 0 aromatic heterocycles. The van der Waals surface area contributed by atoms with Crippen LogP contribution < -0.4 is 11.1 Å². The number of benzene rings is 2. The molecule has 2 atom stereocenters. The molecule has 2 unspecified atom stereocenters. The molecule has 1 heterocycles. The monoisotopic (exact) mass is 399 g/mol. The zero-order valence-electron chi connectivity index (χ0n) is 14.9. The van der Waals surface area contributed by atoms with Gasteiger partial charge in [-0.2, -0.15) is 0 Å². The molecule has 26 heavy (non-hydrogen) atoms. The first-order chi connectivity index (χ1) is 11.7. The molecule has 0 saturated carbocycles. The summed E-state index contributed by atoms with van der Waals surface area (Å²) >= 11 is 0. The van der Waals surface area contributed by atoms with Gasteiger partial charge in [-0.05, 0) is 28.9 Å². The molecule has 0 radical (unpaired) electrons. The zero-order chi connectivity index (χ0) is 16.9. The van der Waals surface area contributed by atoms with Gasteiger partial charge in [-0.3, -0.25) is 9.69 Å². The van der Waals surface area contributed by atoms with Crippen LogP contribution in [0.25, 0.3) is 10.8 Å². The Hall–Kier alpha value is -1.37. The molecule has 7 heteroatoms. The second kappa shape index (κ2) is 10.7. The fraction of sp³-hybridized carbons (Fsp3) is 0.421. The Morgan fingerprint density at radius 2 is 2.00 bits per heavy atom. The maximum Gasteiger partial charge on any atom is 0.250 e. The molecular formula is C19H27Cl2N3O2. The van der Waals surface area contributed by atoms with Crippen LogP contribution in [0.5, 0.6) is 0 Å². The zero-order valence-corrected chi connectivity index (χ0v) is 16.5. The lowest BCUT2D eigenvalue weighted by molar-refractivity contribution is -0.139. The second-order valence-corrected chi connectivity index (χ2v) is 6.16. The molecule has 1 aliphatic rings. The van der Waals surface area contributed by atoms with Crippen molar-refractivity contribution in [3.05, 3.63) is 48.0 Å². The minimum absolute atomic E-state index is 0. The van der Waals surface area contributed by atoms with Crippen molar-refractivity contribution >= 4 is 41.5 Å². The summed E-state index contributed by atoms with van der Waals surface area (Å²) in [5, 5.41) is 5.37. The number of carbonyl (C=O) groups is 1. The number of halogens is 2. The highest BCUT2D eigenvalue weighted by molar-refractivity contribution is 5.86. The SMILES string of the molecule is CCN1CCOC(C(=O)NC(CN)c2ccc3ccccc3c2)C1.Cl.Cl. The minimum Gasteiger partial charge on any atom is -0.366 e. The smallest absolute Gasteiger partial charge is 0.250 e. The van der Waals surface area contributed by atoms with Gasteiger partial charge in [0.1, 0.15) is 6.10 Å². The average molecular weight is 400 g/mol. The van der Waals surface area contributed by atoms with Gasteiger partial charge in [0, 0.05) is 19.6 Å². The van der Waals surface area contributed by atoms with Crippen molar-refractivity contribution in [1.82, 2.24) is 10.2 Å². The highest BCUT2D eigenvalue weighted by atomic mass is 35.5. The van der Waals surface area contributed by atoms with E-state index >= 15 is 0 Å². The topological polar surface area (TPSA) is 67.6 Å². The molecule has 0 bridgehead atoms. The molecule has 5 nitrogen and oxygen atoms in total. The van der Waals surface area contributed by atoms with Gasteiger partial charge in [0.2, 0.25) is 0 Å².